The number of pyridine rings is 1. The molecule has 0 fully saturated rings. The maximum atomic E-state index is 4.25. The zero-order valence-electron chi connectivity index (χ0n) is 8.26. The Hall–Kier alpha value is -1.54. The standard InChI is InChI=1S/C13H11NS/c1-11(13-9-5-6-10-14-13)15-12-7-3-2-4-8-12/h2-10H,1H2. The molecule has 1 nitrogen and oxygen atoms in total. The van der Waals surface area contributed by atoms with Gasteiger partial charge in [0, 0.05) is 16.0 Å². The van der Waals surface area contributed by atoms with Crippen LogP contribution >= 0.6 is 11.8 Å². The van der Waals surface area contributed by atoms with Gasteiger partial charge in [-0.25, -0.2) is 0 Å². The summed E-state index contributed by atoms with van der Waals surface area (Å²) in [6.07, 6.45) is 1.78. The largest absolute Gasteiger partial charge is 0.256 e. The summed E-state index contributed by atoms with van der Waals surface area (Å²) >= 11 is 1.64. The van der Waals surface area contributed by atoms with Crippen LogP contribution in [-0.2, 0) is 0 Å². The highest BCUT2D eigenvalue weighted by molar-refractivity contribution is 8.08. The Balaban J connectivity index is 2.12. The molecule has 2 rings (SSSR count). The molecule has 74 valence electrons. The molecule has 2 heteroatoms. The summed E-state index contributed by atoms with van der Waals surface area (Å²) in [5.41, 5.74) is 0.936. The fourth-order valence-electron chi connectivity index (χ4n) is 1.21. The van der Waals surface area contributed by atoms with Gasteiger partial charge in [0.2, 0.25) is 0 Å². The third-order valence-corrected chi connectivity index (χ3v) is 2.90. The van der Waals surface area contributed by atoms with Gasteiger partial charge in [-0.15, -0.1) is 0 Å². The van der Waals surface area contributed by atoms with Crippen LogP contribution in [0.3, 0.4) is 0 Å². The predicted molar refractivity (Wildman–Crippen MR) is 65.6 cm³/mol. The number of rotatable bonds is 3. The van der Waals surface area contributed by atoms with Crippen LogP contribution < -0.4 is 0 Å². The first kappa shape index (κ1) is 9.99. The second-order valence-corrected chi connectivity index (χ2v) is 4.22. The van der Waals surface area contributed by atoms with E-state index in [1.165, 1.54) is 4.90 Å². The van der Waals surface area contributed by atoms with Crippen molar-refractivity contribution in [3.05, 3.63) is 67.0 Å². The number of hydrogen-bond donors (Lipinski definition) is 0. The fraction of sp³-hybridized carbons (Fsp3) is 0. The average Bonchev–Trinajstić information content (AvgIpc) is 2.31. The van der Waals surface area contributed by atoms with Crippen molar-refractivity contribution in [3.8, 4) is 0 Å². The molecule has 0 unspecified atom stereocenters. The molecule has 1 aromatic carbocycles. The van der Waals surface area contributed by atoms with E-state index in [1.54, 1.807) is 18.0 Å². The quantitative estimate of drug-likeness (QED) is 0.718. The second kappa shape index (κ2) is 4.80. The van der Waals surface area contributed by atoms with Crippen molar-refractivity contribution < 1.29 is 0 Å². The highest BCUT2D eigenvalue weighted by Gasteiger charge is 2.01. The first-order chi connectivity index (χ1) is 7.36. The lowest BCUT2D eigenvalue weighted by Gasteiger charge is -2.03. The molecular weight excluding hydrogens is 202 g/mol. The number of benzene rings is 1. The van der Waals surface area contributed by atoms with E-state index in [2.05, 4.69) is 23.7 Å². The highest BCUT2D eigenvalue weighted by atomic mass is 32.2. The molecule has 0 amide bonds. The number of hydrogen-bond acceptors (Lipinski definition) is 2. The minimum atomic E-state index is 0.936. The molecule has 0 bridgehead atoms. The molecule has 2 aromatic rings. The molecule has 1 heterocycles. The third kappa shape index (κ3) is 2.70. The SMILES string of the molecule is C=C(Sc1ccccc1)c1ccccn1. The Morgan fingerprint density at radius 2 is 1.73 bits per heavy atom. The maximum Gasteiger partial charge on any atom is 0.0762 e. The summed E-state index contributed by atoms with van der Waals surface area (Å²) in [6.45, 7) is 4.02. The molecule has 15 heavy (non-hydrogen) atoms. The topological polar surface area (TPSA) is 12.9 Å². The van der Waals surface area contributed by atoms with Gasteiger partial charge in [-0.05, 0) is 24.3 Å². The van der Waals surface area contributed by atoms with E-state index in [-0.39, 0.29) is 0 Å². The summed E-state index contributed by atoms with van der Waals surface area (Å²) < 4.78 is 0. The average molecular weight is 213 g/mol. The van der Waals surface area contributed by atoms with Crippen molar-refractivity contribution in [2.45, 2.75) is 4.90 Å². The summed E-state index contributed by atoms with van der Waals surface area (Å²) in [5, 5.41) is 0. The molecule has 0 atom stereocenters. The van der Waals surface area contributed by atoms with Crippen molar-refractivity contribution in [2.24, 2.45) is 0 Å². The van der Waals surface area contributed by atoms with Crippen LogP contribution in [0, 0.1) is 0 Å². The Morgan fingerprint density at radius 3 is 2.40 bits per heavy atom. The predicted octanol–water partition coefficient (Wildman–Crippen LogP) is 3.84. The molecule has 0 aliphatic heterocycles. The van der Waals surface area contributed by atoms with Gasteiger partial charge < -0.3 is 0 Å². The highest BCUT2D eigenvalue weighted by Crippen LogP contribution is 2.30. The summed E-state index contributed by atoms with van der Waals surface area (Å²) in [4.78, 5) is 6.42. The van der Waals surface area contributed by atoms with Gasteiger partial charge in [-0.3, -0.25) is 4.98 Å². The van der Waals surface area contributed by atoms with Gasteiger partial charge in [0.05, 0.1) is 5.69 Å². The van der Waals surface area contributed by atoms with Gasteiger partial charge in [0.25, 0.3) is 0 Å². The summed E-state index contributed by atoms with van der Waals surface area (Å²) in [5.74, 6) is 0. The first-order valence-electron chi connectivity index (χ1n) is 4.69. The summed E-state index contributed by atoms with van der Waals surface area (Å²) in [6, 6.07) is 16.0. The van der Waals surface area contributed by atoms with Crippen LogP contribution in [0.5, 0.6) is 0 Å². The van der Waals surface area contributed by atoms with E-state index < -0.39 is 0 Å². The van der Waals surface area contributed by atoms with E-state index in [0.717, 1.165) is 10.6 Å². The van der Waals surface area contributed by atoms with Gasteiger partial charge in [-0.1, -0.05) is 42.6 Å². The fourth-order valence-corrected chi connectivity index (χ4v) is 2.01. The minimum absolute atomic E-state index is 0.936. The zero-order valence-corrected chi connectivity index (χ0v) is 9.08. The number of aromatic nitrogens is 1. The van der Waals surface area contributed by atoms with Crippen LogP contribution in [0.25, 0.3) is 4.91 Å². The lowest BCUT2D eigenvalue weighted by molar-refractivity contribution is 1.29. The number of nitrogens with zero attached hydrogens (tertiary/aromatic N) is 1. The smallest absolute Gasteiger partial charge is 0.0762 e. The van der Waals surface area contributed by atoms with Crippen molar-refractivity contribution in [1.82, 2.24) is 4.98 Å². The van der Waals surface area contributed by atoms with Gasteiger partial charge in [0.15, 0.2) is 0 Å². The van der Waals surface area contributed by atoms with Crippen LogP contribution in [0.4, 0.5) is 0 Å². The van der Waals surface area contributed by atoms with Crippen molar-refractivity contribution in [3.63, 3.8) is 0 Å². The Bertz CT molecular complexity index is 437. The van der Waals surface area contributed by atoms with Gasteiger partial charge in [0.1, 0.15) is 0 Å². The lowest BCUT2D eigenvalue weighted by atomic mass is 10.3. The van der Waals surface area contributed by atoms with E-state index in [9.17, 15) is 0 Å². The molecule has 1 aromatic heterocycles. The molecular formula is C13H11NS. The Morgan fingerprint density at radius 1 is 1.00 bits per heavy atom. The molecule has 0 spiro atoms. The van der Waals surface area contributed by atoms with Crippen LogP contribution in [0.2, 0.25) is 0 Å². The Kier molecular flexibility index (Phi) is 3.20. The van der Waals surface area contributed by atoms with Crippen molar-refractivity contribution in [1.29, 1.82) is 0 Å². The monoisotopic (exact) mass is 213 g/mol. The van der Waals surface area contributed by atoms with Crippen LogP contribution in [0.15, 0.2) is 66.2 Å². The van der Waals surface area contributed by atoms with Crippen LogP contribution in [-0.4, -0.2) is 4.98 Å². The minimum Gasteiger partial charge on any atom is -0.256 e. The lowest BCUT2D eigenvalue weighted by Crippen LogP contribution is -1.82. The van der Waals surface area contributed by atoms with Crippen LogP contribution in [0.1, 0.15) is 5.69 Å². The zero-order chi connectivity index (χ0) is 10.5. The first-order valence-corrected chi connectivity index (χ1v) is 5.51. The molecule has 0 N–H and O–H groups in total. The summed E-state index contributed by atoms with van der Waals surface area (Å²) in [7, 11) is 0. The Labute approximate surface area is 93.9 Å². The number of thioether (sulfide) groups is 1. The van der Waals surface area contributed by atoms with E-state index >= 15 is 0 Å². The van der Waals surface area contributed by atoms with Crippen molar-refractivity contribution >= 4 is 16.7 Å². The van der Waals surface area contributed by atoms with E-state index in [1.807, 2.05) is 36.4 Å². The third-order valence-electron chi connectivity index (χ3n) is 1.93. The van der Waals surface area contributed by atoms with Crippen molar-refractivity contribution in [2.75, 3.05) is 0 Å². The molecule has 0 radical (unpaired) electrons. The maximum absolute atomic E-state index is 4.25. The van der Waals surface area contributed by atoms with E-state index in [4.69, 9.17) is 0 Å². The molecule has 0 aliphatic carbocycles. The second-order valence-electron chi connectivity index (χ2n) is 3.05. The van der Waals surface area contributed by atoms with Gasteiger partial charge in [-0.2, -0.15) is 0 Å². The molecule has 0 aliphatic rings. The molecule has 0 saturated carbocycles. The van der Waals surface area contributed by atoms with Gasteiger partial charge >= 0.3 is 0 Å². The van der Waals surface area contributed by atoms with E-state index in [0.29, 0.717) is 0 Å². The normalized spacial score (nSPS) is 9.87. The molecule has 0 saturated heterocycles.